The molecule has 0 aliphatic heterocycles. The van der Waals surface area contributed by atoms with Crippen molar-refractivity contribution in [2.75, 3.05) is 18.5 Å². The molecule has 0 aromatic carbocycles. The average Bonchev–Trinajstić information content (AvgIpc) is 2.28. The van der Waals surface area contributed by atoms with E-state index in [0.717, 1.165) is 24.0 Å². The number of fused-ring (bicyclic) bond motifs is 1. The number of pyridine rings is 2. The Morgan fingerprint density at radius 3 is 2.80 bits per heavy atom. The minimum Gasteiger partial charge on any atom is -0.374 e. The molecule has 0 spiro atoms. The third-order valence-corrected chi connectivity index (χ3v) is 2.46. The van der Waals surface area contributed by atoms with E-state index in [4.69, 9.17) is 0 Å². The minimum atomic E-state index is 0.818. The highest BCUT2D eigenvalue weighted by Gasteiger charge is 2.05. The number of hydrogen-bond donors (Lipinski definition) is 0. The Kier molecular flexibility index (Phi) is 2.81. The summed E-state index contributed by atoms with van der Waals surface area (Å²) in [6, 6.07) is 6.06. The van der Waals surface area contributed by atoms with Gasteiger partial charge in [-0.1, -0.05) is 6.92 Å². The first-order valence-corrected chi connectivity index (χ1v) is 5.24. The molecular formula is C12H15N3. The summed E-state index contributed by atoms with van der Waals surface area (Å²) in [4.78, 5) is 10.7. The number of hydrogen-bond acceptors (Lipinski definition) is 3. The molecule has 0 radical (unpaired) electrons. The molecule has 0 aliphatic rings. The third kappa shape index (κ3) is 1.91. The van der Waals surface area contributed by atoms with Crippen molar-refractivity contribution in [1.29, 1.82) is 0 Å². The Hall–Kier alpha value is -1.64. The molecule has 78 valence electrons. The molecule has 15 heavy (non-hydrogen) atoms. The molecule has 2 aromatic rings. The van der Waals surface area contributed by atoms with Crippen LogP contribution in [0, 0.1) is 0 Å². The molecule has 0 amide bonds. The third-order valence-electron chi connectivity index (χ3n) is 2.46. The molecule has 2 rings (SSSR count). The van der Waals surface area contributed by atoms with Gasteiger partial charge in [0, 0.05) is 37.1 Å². The van der Waals surface area contributed by atoms with Gasteiger partial charge in [-0.25, -0.2) is 9.97 Å². The normalized spacial score (nSPS) is 10.5. The van der Waals surface area contributed by atoms with Crippen molar-refractivity contribution in [3.8, 4) is 0 Å². The summed E-state index contributed by atoms with van der Waals surface area (Å²) in [5.74, 6) is 0. The monoisotopic (exact) mass is 201 g/mol. The summed E-state index contributed by atoms with van der Waals surface area (Å²) in [6.45, 7) is 3.23. The van der Waals surface area contributed by atoms with Crippen LogP contribution in [-0.4, -0.2) is 23.6 Å². The lowest BCUT2D eigenvalue weighted by atomic mass is 10.2. The minimum absolute atomic E-state index is 0.818. The van der Waals surface area contributed by atoms with Crippen molar-refractivity contribution in [2.45, 2.75) is 13.3 Å². The van der Waals surface area contributed by atoms with Crippen LogP contribution < -0.4 is 4.90 Å². The van der Waals surface area contributed by atoms with Crippen LogP contribution in [0.25, 0.3) is 11.0 Å². The summed E-state index contributed by atoms with van der Waals surface area (Å²) < 4.78 is 0. The fraction of sp³-hybridized carbons (Fsp3) is 0.333. The molecule has 3 nitrogen and oxygen atoms in total. The Labute approximate surface area is 89.8 Å². The van der Waals surface area contributed by atoms with E-state index >= 15 is 0 Å². The fourth-order valence-corrected chi connectivity index (χ4v) is 1.76. The molecule has 2 heterocycles. The molecule has 0 atom stereocenters. The molecule has 3 heteroatoms. The quantitative estimate of drug-likeness (QED) is 0.764. The zero-order chi connectivity index (χ0) is 10.7. The first-order chi connectivity index (χ1) is 7.33. The van der Waals surface area contributed by atoms with Crippen molar-refractivity contribution in [1.82, 2.24) is 9.97 Å². The van der Waals surface area contributed by atoms with E-state index in [-0.39, 0.29) is 0 Å². The zero-order valence-corrected chi connectivity index (χ0v) is 9.14. The fourth-order valence-electron chi connectivity index (χ4n) is 1.76. The predicted molar refractivity (Wildman–Crippen MR) is 63.1 cm³/mol. The van der Waals surface area contributed by atoms with E-state index < -0.39 is 0 Å². The highest BCUT2D eigenvalue weighted by atomic mass is 15.1. The summed E-state index contributed by atoms with van der Waals surface area (Å²) in [5.41, 5.74) is 2.02. The Morgan fingerprint density at radius 2 is 2.00 bits per heavy atom. The van der Waals surface area contributed by atoms with Crippen molar-refractivity contribution in [3.05, 3.63) is 30.6 Å². The van der Waals surface area contributed by atoms with E-state index in [2.05, 4.69) is 34.9 Å². The van der Waals surface area contributed by atoms with Crippen LogP contribution in [0.2, 0.25) is 0 Å². The summed E-state index contributed by atoms with van der Waals surface area (Å²) in [5, 5.41) is 1.12. The highest BCUT2D eigenvalue weighted by molar-refractivity contribution is 5.88. The average molecular weight is 201 g/mol. The van der Waals surface area contributed by atoms with Crippen molar-refractivity contribution < 1.29 is 0 Å². The van der Waals surface area contributed by atoms with Crippen LogP contribution in [0.5, 0.6) is 0 Å². The van der Waals surface area contributed by atoms with Gasteiger partial charge in [-0.2, -0.15) is 0 Å². The van der Waals surface area contributed by atoms with Crippen LogP contribution >= 0.6 is 0 Å². The van der Waals surface area contributed by atoms with Crippen molar-refractivity contribution in [3.63, 3.8) is 0 Å². The van der Waals surface area contributed by atoms with Gasteiger partial charge in [-0.15, -0.1) is 0 Å². The Balaban J connectivity index is 2.50. The largest absolute Gasteiger partial charge is 0.374 e. The summed E-state index contributed by atoms with van der Waals surface area (Å²) in [6.07, 6.45) is 4.73. The van der Waals surface area contributed by atoms with E-state index in [1.807, 2.05) is 18.3 Å². The zero-order valence-electron chi connectivity index (χ0n) is 9.14. The van der Waals surface area contributed by atoms with E-state index in [9.17, 15) is 0 Å². The van der Waals surface area contributed by atoms with Gasteiger partial charge in [0.2, 0.25) is 0 Å². The molecule has 0 N–H and O–H groups in total. The Bertz CT molecular complexity index is 448. The van der Waals surface area contributed by atoms with Gasteiger partial charge in [0.1, 0.15) is 0 Å². The standard InChI is InChI=1S/C12H15N3/c1-3-9-15(2)11-6-8-14-12-10(11)5-4-7-13-12/h4-8H,3,9H2,1-2H3. The highest BCUT2D eigenvalue weighted by Crippen LogP contribution is 2.22. The number of anilines is 1. The second kappa shape index (κ2) is 4.26. The SMILES string of the molecule is CCCN(C)c1ccnc2ncccc12. The topological polar surface area (TPSA) is 29.0 Å². The Morgan fingerprint density at radius 1 is 1.20 bits per heavy atom. The maximum atomic E-state index is 4.25. The number of nitrogens with zero attached hydrogens (tertiary/aromatic N) is 3. The van der Waals surface area contributed by atoms with Crippen LogP contribution in [0.3, 0.4) is 0 Å². The van der Waals surface area contributed by atoms with E-state index in [0.29, 0.717) is 0 Å². The lowest BCUT2D eigenvalue weighted by molar-refractivity contribution is 0.854. The molecular weight excluding hydrogens is 186 g/mol. The van der Waals surface area contributed by atoms with Crippen molar-refractivity contribution in [2.24, 2.45) is 0 Å². The van der Waals surface area contributed by atoms with Crippen LogP contribution in [-0.2, 0) is 0 Å². The molecule has 0 saturated carbocycles. The van der Waals surface area contributed by atoms with Gasteiger partial charge >= 0.3 is 0 Å². The maximum Gasteiger partial charge on any atom is 0.161 e. The van der Waals surface area contributed by atoms with Crippen molar-refractivity contribution >= 4 is 16.7 Å². The van der Waals surface area contributed by atoms with Gasteiger partial charge < -0.3 is 4.90 Å². The van der Waals surface area contributed by atoms with Crippen LogP contribution in [0.1, 0.15) is 13.3 Å². The number of rotatable bonds is 3. The molecule has 0 unspecified atom stereocenters. The molecule has 0 saturated heterocycles. The first kappa shape index (κ1) is 9.90. The number of aromatic nitrogens is 2. The predicted octanol–water partition coefficient (Wildman–Crippen LogP) is 2.48. The molecule has 0 bridgehead atoms. The smallest absolute Gasteiger partial charge is 0.161 e. The van der Waals surface area contributed by atoms with Crippen LogP contribution in [0.4, 0.5) is 5.69 Å². The lowest BCUT2D eigenvalue weighted by Crippen LogP contribution is -2.18. The van der Waals surface area contributed by atoms with E-state index in [1.165, 1.54) is 5.69 Å². The molecule has 0 fully saturated rings. The van der Waals surface area contributed by atoms with Gasteiger partial charge in [0.25, 0.3) is 0 Å². The van der Waals surface area contributed by atoms with Gasteiger partial charge in [-0.3, -0.25) is 0 Å². The summed E-state index contributed by atoms with van der Waals surface area (Å²) in [7, 11) is 2.10. The van der Waals surface area contributed by atoms with E-state index in [1.54, 1.807) is 6.20 Å². The first-order valence-electron chi connectivity index (χ1n) is 5.24. The van der Waals surface area contributed by atoms with Gasteiger partial charge in [0.15, 0.2) is 5.65 Å². The second-order valence-corrected chi connectivity index (χ2v) is 3.63. The van der Waals surface area contributed by atoms with Crippen LogP contribution in [0.15, 0.2) is 30.6 Å². The lowest BCUT2D eigenvalue weighted by Gasteiger charge is -2.19. The molecule has 0 aliphatic carbocycles. The van der Waals surface area contributed by atoms with Gasteiger partial charge in [0.05, 0.1) is 0 Å². The summed E-state index contributed by atoms with van der Waals surface area (Å²) >= 11 is 0. The second-order valence-electron chi connectivity index (χ2n) is 3.63. The molecule has 2 aromatic heterocycles. The maximum absolute atomic E-state index is 4.25. The van der Waals surface area contributed by atoms with Gasteiger partial charge in [-0.05, 0) is 24.6 Å².